The van der Waals surface area contributed by atoms with Gasteiger partial charge in [0.1, 0.15) is 5.82 Å². The van der Waals surface area contributed by atoms with Gasteiger partial charge in [0, 0.05) is 20.1 Å². The highest BCUT2D eigenvalue weighted by molar-refractivity contribution is 7.89. The topological polar surface area (TPSA) is 49.4 Å². The van der Waals surface area contributed by atoms with Gasteiger partial charge in [-0.05, 0) is 29.8 Å². The van der Waals surface area contributed by atoms with Gasteiger partial charge in [0.05, 0.1) is 9.92 Å². The predicted octanol–water partition coefficient (Wildman–Crippen LogP) is 3.41. The van der Waals surface area contributed by atoms with Crippen molar-refractivity contribution in [1.82, 2.24) is 9.62 Å². The van der Waals surface area contributed by atoms with Crippen LogP contribution in [0.1, 0.15) is 18.1 Å². The molecule has 0 fully saturated rings. The molecule has 0 aliphatic rings. The van der Waals surface area contributed by atoms with Gasteiger partial charge >= 0.3 is 0 Å². The number of sulfonamides is 1. The van der Waals surface area contributed by atoms with Crippen molar-refractivity contribution in [2.75, 3.05) is 13.6 Å². The Labute approximate surface area is 147 Å². The third-order valence-electron chi connectivity index (χ3n) is 3.60. The molecule has 0 heterocycles. The van der Waals surface area contributed by atoms with Gasteiger partial charge in [-0.1, -0.05) is 48.9 Å². The summed E-state index contributed by atoms with van der Waals surface area (Å²) >= 11 is 5.94. The molecule has 24 heavy (non-hydrogen) atoms. The molecular weight excluding hydrogens is 351 g/mol. The van der Waals surface area contributed by atoms with Crippen molar-refractivity contribution in [1.29, 1.82) is 0 Å². The second-order valence-corrected chi connectivity index (χ2v) is 7.83. The fourth-order valence-electron chi connectivity index (χ4n) is 2.26. The van der Waals surface area contributed by atoms with Crippen LogP contribution in [-0.2, 0) is 23.1 Å². The summed E-state index contributed by atoms with van der Waals surface area (Å²) < 4.78 is 40.7. The van der Waals surface area contributed by atoms with Gasteiger partial charge in [0.25, 0.3) is 0 Å². The Morgan fingerprint density at radius 1 is 1.21 bits per heavy atom. The molecule has 2 aromatic rings. The zero-order chi connectivity index (χ0) is 17.7. The lowest BCUT2D eigenvalue weighted by atomic mass is 10.2. The van der Waals surface area contributed by atoms with Gasteiger partial charge in [-0.25, -0.2) is 12.8 Å². The average Bonchev–Trinajstić information content (AvgIpc) is 2.56. The van der Waals surface area contributed by atoms with E-state index in [1.165, 1.54) is 17.4 Å². The van der Waals surface area contributed by atoms with Crippen LogP contribution in [0.5, 0.6) is 0 Å². The van der Waals surface area contributed by atoms with E-state index >= 15 is 0 Å². The van der Waals surface area contributed by atoms with Crippen molar-refractivity contribution in [3.63, 3.8) is 0 Å². The number of benzene rings is 2. The van der Waals surface area contributed by atoms with Crippen molar-refractivity contribution in [3.05, 3.63) is 64.4 Å². The lowest BCUT2D eigenvalue weighted by Gasteiger charge is -2.18. The highest BCUT2D eigenvalue weighted by Crippen LogP contribution is 2.26. The molecule has 0 bridgehead atoms. The number of hydrogen-bond donors (Lipinski definition) is 1. The van der Waals surface area contributed by atoms with Gasteiger partial charge in [-0.15, -0.1) is 0 Å². The first-order valence-corrected chi connectivity index (χ1v) is 9.37. The smallest absolute Gasteiger partial charge is 0.243 e. The van der Waals surface area contributed by atoms with Crippen molar-refractivity contribution in [2.45, 2.75) is 24.9 Å². The molecule has 130 valence electrons. The van der Waals surface area contributed by atoms with E-state index in [1.54, 1.807) is 0 Å². The van der Waals surface area contributed by atoms with Crippen molar-refractivity contribution >= 4 is 21.6 Å². The number of nitrogens with zero attached hydrogens (tertiary/aromatic N) is 1. The fraction of sp³-hybridized carbons (Fsp3) is 0.294. The van der Waals surface area contributed by atoms with E-state index in [0.29, 0.717) is 18.7 Å². The number of halogens is 2. The minimum Gasteiger partial charge on any atom is -0.313 e. The maximum Gasteiger partial charge on any atom is 0.243 e. The molecule has 0 atom stereocenters. The third-order valence-corrected chi connectivity index (χ3v) is 5.80. The summed E-state index contributed by atoms with van der Waals surface area (Å²) in [6, 6.07) is 11.6. The second-order valence-electron chi connectivity index (χ2n) is 5.41. The zero-order valence-electron chi connectivity index (χ0n) is 13.6. The Hall–Kier alpha value is -1.47. The summed E-state index contributed by atoms with van der Waals surface area (Å²) in [7, 11) is -2.35. The molecule has 0 radical (unpaired) electrons. The number of hydrogen-bond acceptors (Lipinski definition) is 3. The van der Waals surface area contributed by atoms with Crippen molar-refractivity contribution in [3.8, 4) is 0 Å². The zero-order valence-corrected chi connectivity index (χ0v) is 15.2. The van der Waals surface area contributed by atoms with E-state index in [9.17, 15) is 12.8 Å². The van der Waals surface area contributed by atoms with Crippen molar-refractivity contribution < 1.29 is 12.8 Å². The molecule has 0 unspecified atom stereocenters. The van der Waals surface area contributed by atoms with Gasteiger partial charge in [0.2, 0.25) is 10.0 Å². The van der Waals surface area contributed by atoms with Gasteiger partial charge in [-0.3, -0.25) is 0 Å². The summed E-state index contributed by atoms with van der Waals surface area (Å²) in [6.45, 7) is 3.08. The monoisotopic (exact) mass is 370 g/mol. The Bertz CT molecular complexity index is 798. The largest absolute Gasteiger partial charge is 0.313 e. The number of nitrogens with one attached hydrogen (secondary N) is 1. The van der Waals surface area contributed by atoms with E-state index in [4.69, 9.17) is 11.6 Å². The molecule has 2 rings (SSSR count). The SMILES string of the molecule is CCNCc1cc(S(=O)(=O)N(C)Cc2ccccc2)cc(F)c1Cl. The maximum absolute atomic E-state index is 14.0. The summed E-state index contributed by atoms with van der Waals surface area (Å²) in [5.74, 6) is -0.737. The molecular formula is C17H20ClFN2O2S. The van der Waals surface area contributed by atoms with Crippen LogP contribution in [0.15, 0.2) is 47.4 Å². The molecule has 7 heteroatoms. The molecule has 2 aromatic carbocycles. The van der Waals surface area contributed by atoms with E-state index in [2.05, 4.69) is 5.32 Å². The summed E-state index contributed by atoms with van der Waals surface area (Å²) in [4.78, 5) is -0.101. The van der Waals surface area contributed by atoms with Crippen LogP contribution in [0, 0.1) is 5.82 Å². The molecule has 1 N–H and O–H groups in total. The van der Waals surface area contributed by atoms with Crippen LogP contribution >= 0.6 is 11.6 Å². The first kappa shape index (κ1) is 18.9. The summed E-state index contributed by atoms with van der Waals surface area (Å²) in [5, 5.41) is 2.97. The van der Waals surface area contributed by atoms with E-state index in [1.807, 2.05) is 37.3 Å². The summed E-state index contributed by atoms with van der Waals surface area (Å²) in [5.41, 5.74) is 1.27. The highest BCUT2D eigenvalue weighted by atomic mass is 35.5. The lowest BCUT2D eigenvalue weighted by molar-refractivity contribution is 0.465. The molecule has 0 aromatic heterocycles. The fourth-order valence-corrected chi connectivity index (χ4v) is 3.66. The van der Waals surface area contributed by atoms with E-state index in [-0.39, 0.29) is 16.5 Å². The second kappa shape index (κ2) is 8.07. The minimum atomic E-state index is -3.82. The Balaban J connectivity index is 2.32. The Morgan fingerprint density at radius 2 is 1.88 bits per heavy atom. The Morgan fingerprint density at radius 3 is 2.50 bits per heavy atom. The van der Waals surface area contributed by atoms with Crippen LogP contribution < -0.4 is 5.32 Å². The minimum absolute atomic E-state index is 0.0550. The standard InChI is InChI=1S/C17H20ClFN2O2S/c1-3-20-11-14-9-15(10-16(19)17(14)18)24(22,23)21(2)12-13-7-5-4-6-8-13/h4-10,20H,3,11-12H2,1-2H3. The quantitative estimate of drug-likeness (QED) is 0.812. The van der Waals surface area contributed by atoms with Crippen LogP contribution in [0.2, 0.25) is 5.02 Å². The van der Waals surface area contributed by atoms with Crippen LogP contribution in [-0.4, -0.2) is 26.3 Å². The summed E-state index contributed by atoms with van der Waals surface area (Å²) in [6.07, 6.45) is 0. The molecule has 0 saturated carbocycles. The predicted molar refractivity (Wildman–Crippen MR) is 93.9 cm³/mol. The molecule has 0 spiro atoms. The van der Waals surface area contributed by atoms with Gasteiger partial charge < -0.3 is 5.32 Å². The first-order valence-electron chi connectivity index (χ1n) is 7.55. The molecule has 4 nitrogen and oxygen atoms in total. The van der Waals surface area contributed by atoms with Crippen molar-refractivity contribution in [2.24, 2.45) is 0 Å². The highest BCUT2D eigenvalue weighted by Gasteiger charge is 2.23. The lowest BCUT2D eigenvalue weighted by Crippen LogP contribution is -2.27. The Kier molecular flexibility index (Phi) is 6.34. The molecule has 0 amide bonds. The van der Waals surface area contributed by atoms with Gasteiger partial charge in [-0.2, -0.15) is 4.31 Å². The first-order chi connectivity index (χ1) is 11.4. The molecule has 0 aliphatic carbocycles. The van der Waals surface area contributed by atoms with Crippen LogP contribution in [0.3, 0.4) is 0 Å². The van der Waals surface area contributed by atoms with Gasteiger partial charge in [0.15, 0.2) is 0 Å². The van der Waals surface area contributed by atoms with E-state index < -0.39 is 15.8 Å². The average molecular weight is 371 g/mol. The van der Waals surface area contributed by atoms with Crippen LogP contribution in [0.4, 0.5) is 4.39 Å². The number of rotatable bonds is 7. The van der Waals surface area contributed by atoms with E-state index in [0.717, 1.165) is 11.6 Å². The normalized spacial score (nSPS) is 11.9. The van der Waals surface area contributed by atoms with Crippen LogP contribution in [0.25, 0.3) is 0 Å². The maximum atomic E-state index is 14.0. The molecule has 0 saturated heterocycles. The third kappa shape index (κ3) is 4.33. The molecule has 0 aliphatic heterocycles.